The highest BCUT2D eigenvalue weighted by molar-refractivity contribution is 5.89. The Balaban J connectivity index is 1.44. The first-order valence-electron chi connectivity index (χ1n) is 10.7. The summed E-state index contributed by atoms with van der Waals surface area (Å²) in [6, 6.07) is 9.51. The number of urea groups is 1. The number of carbonyl (C=O) groups excluding carboxylic acids is 2. The lowest BCUT2D eigenvalue weighted by Gasteiger charge is -2.47. The third-order valence-electron chi connectivity index (χ3n) is 7.08. The van der Waals surface area contributed by atoms with Crippen molar-refractivity contribution < 1.29 is 14.3 Å². The number of para-hydroxylation sites is 1. The number of benzene rings is 1. The molecular formula is C22H32N4O3. The first-order chi connectivity index (χ1) is 14.1. The average Bonchev–Trinajstić information content (AvgIpc) is 3.26. The Bertz CT molecular complexity index is 733. The summed E-state index contributed by atoms with van der Waals surface area (Å²) in [4.78, 5) is 32.2. The second-order valence-electron chi connectivity index (χ2n) is 8.43. The van der Waals surface area contributed by atoms with E-state index in [2.05, 4.69) is 22.0 Å². The molecule has 3 saturated heterocycles. The molecule has 0 aliphatic carbocycles. The van der Waals surface area contributed by atoms with Crippen LogP contribution in [0.3, 0.4) is 0 Å². The van der Waals surface area contributed by atoms with E-state index in [4.69, 9.17) is 4.74 Å². The van der Waals surface area contributed by atoms with Crippen LogP contribution in [0.5, 0.6) is 0 Å². The maximum absolute atomic E-state index is 13.1. The Morgan fingerprint density at radius 2 is 1.93 bits per heavy atom. The van der Waals surface area contributed by atoms with Gasteiger partial charge in [-0.05, 0) is 31.9 Å². The summed E-state index contributed by atoms with van der Waals surface area (Å²) < 4.78 is 5.23. The Morgan fingerprint density at radius 1 is 1.21 bits per heavy atom. The van der Waals surface area contributed by atoms with Gasteiger partial charge in [0.1, 0.15) is 0 Å². The number of nitrogens with one attached hydrogen (secondary N) is 1. The quantitative estimate of drug-likeness (QED) is 0.822. The van der Waals surface area contributed by atoms with Crippen molar-refractivity contribution in [3.05, 3.63) is 30.3 Å². The fraction of sp³-hybridized carbons (Fsp3) is 0.636. The fourth-order valence-electron chi connectivity index (χ4n) is 5.64. The first-order valence-corrected chi connectivity index (χ1v) is 10.7. The molecule has 7 heteroatoms. The highest BCUT2D eigenvalue weighted by atomic mass is 16.5. The summed E-state index contributed by atoms with van der Waals surface area (Å²) >= 11 is 0. The molecule has 3 heterocycles. The SMILES string of the molecule is CCN1C(=O)[C@@H]2CN(CCOC)C[C@@H]2C12CCN(C(=O)Nc1ccccc1)CC2. The van der Waals surface area contributed by atoms with E-state index in [1.807, 2.05) is 35.2 Å². The lowest BCUT2D eigenvalue weighted by atomic mass is 9.75. The van der Waals surface area contributed by atoms with E-state index >= 15 is 0 Å². The van der Waals surface area contributed by atoms with Gasteiger partial charge in [-0.1, -0.05) is 18.2 Å². The van der Waals surface area contributed by atoms with Crippen molar-refractivity contribution in [3.8, 4) is 0 Å². The van der Waals surface area contributed by atoms with Gasteiger partial charge in [-0.3, -0.25) is 9.69 Å². The summed E-state index contributed by atoms with van der Waals surface area (Å²) in [5.74, 6) is 0.752. The summed E-state index contributed by atoms with van der Waals surface area (Å²) in [6.45, 7) is 7.57. The number of methoxy groups -OCH3 is 1. The molecule has 3 amide bonds. The second-order valence-corrected chi connectivity index (χ2v) is 8.43. The van der Waals surface area contributed by atoms with Gasteiger partial charge in [-0.15, -0.1) is 0 Å². The zero-order chi connectivity index (χ0) is 20.4. The van der Waals surface area contributed by atoms with Gasteiger partial charge in [0.25, 0.3) is 0 Å². The third kappa shape index (κ3) is 3.62. The molecule has 0 saturated carbocycles. The van der Waals surface area contributed by atoms with E-state index in [0.717, 1.165) is 44.7 Å². The van der Waals surface area contributed by atoms with Crippen molar-refractivity contribution in [2.24, 2.45) is 11.8 Å². The number of likely N-dealkylation sites (tertiary alicyclic amines) is 3. The average molecular weight is 401 g/mol. The summed E-state index contributed by atoms with van der Waals surface area (Å²) in [7, 11) is 1.72. The maximum Gasteiger partial charge on any atom is 0.321 e. The zero-order valence-corrected chi connectivity index (χ0v) is 17.5. The highest BCUT2D eigenvalue weighted by Gasteiger charge is 2.61. The molecule has 0 aromatic heterocycles. The summed E-state index contributed by atoms with van der Waals surface area (Å²) in [6.07, 6.45) is 1.71. The number of hydrogen-bond acceptors (Lipinski definition) is 4. The van der Waals surface area contributed by atoms with Crippen LogP contribution in [0.4, 0.5) is 10.5 Å². The molecular weight excluding hydrogens is 368 g/mol. The molecule has 29 heavy (non-hydrogen) atoms. The Labute approximate surface area is 173 Å². The molecule has 3 aliphatic rings. The third-order valence-corrected chi connectivity index (χ3v) is 7.08. The van der Waals surface area contributed by atoms with Crippen molar-refractivity contribution in [1.82, 2.24) is 14.7 Å². The Morgan fingerprint density at radius 3 is 2.59 bits per heavy atom. The van der Waals surface area contributed by atoms with Gasteiger partial charge in [-0.2, -0.15) is 0 Å². The van der Waals surface area contributed by atoms with Crippen molar-refractivity contribution in [2.75, 3.05) is 58.3 Å². The van der Waals surface area contributed by atoms with Crippen LogP contribution in [0.1, 0.15) is 19.8 Å². The molecule has 1 N–H and O–H groups in total. The highest BCUT2D eigenvalue weighted by Crippen LogP contribution is 2.49. The molecule has 0 bridgehead atoms. The number of rotatable bonds is 5. The van der Waals surface area contributed by atoms with Crippen LogP contribution in [0, 0.1) is 11.8 Å². The monoisotopic (exact) mass is 400 g/mol. The van der Waals surface area contributed by atoms with Gasteiger partial charge in [0.05, 0.1) is 18.1 Å². The van der Waals surface area contributed by atoms with Crippen molar-refractivity contribution in [1.29, 1.82) is 0 Å². The van der Waals surface area contributed by atoms with Gasteiger partial charge < -0.3 is 19.9 Å². The molecule has 3 aliphatic heterocycles. The molecule has 0 radical (unpaired) electrons. The van der Waals surface area contributed by atoms with E-state index in [-0.39, 0.29) is 17.5 Å². The molecule has 158 valence electrons. The van der Waals surface area contributed by atoms with E-state index < -0.39 is 0 Å². The minimum absolute atomic E-state index is 0.0527. The van der Waals surface area contributed by atoms with Gasteiger partial charge in [-0.25, -0.2) is 4.79 Å². The molecule has 1 spiro atoms. The van der Waals surface area contributed by atoms with Crippen LogP contribution in [-0.2, 0) is 9.53 Å². The number of carbonyl (C=O) groups is 2. The van der Waals surface area contributed by atoms with Gasteiger partial charge in [0.15, 0.2) is 0 Å². The predicted octanol–water partition coefficient (Wildman–Crippen LogP) is 2.11. The number of piperidine rings is 1. The number of nitrogens with zero attached hydrogens (tertiary/aromatic N) is 3. The van der Waals surface area contributed by atoms with Crippen LogP contribution in [0.15, 0.2) is 30.3 Å². The van der Waals surface area contributed by atoms with E-state index in [9.17, 15) is 9.59 Å². The number of fused-ring (bicyclic) bond motifs is 2. The summed E-state index contributed by atoms with van der Waals surface area (Å²) in [5, 5.41) is 2.99. The van der Waals surface area contributed by atoms with Gasteiger partial charge in [0, 0.05) is 58.0 Å². The topological polar surface area (TPSA) is 65.1 Å². The van der Waals surface area contributed by atoms with E-state index in [0.29, 0.717) is 31.5 Å². The molecule has 1 aromatic carbocycles. The lowest BCUT2D eigenvalue weighted by Crippen LogP contribution is -2.58. The van der Waals surface area contributed by atoms with Crippen LogP contribution < -0.4 is 5.32 Å². The zero-order valence-electron chi connectivity index (χ0n) is 17.5. The molecule has 7 nitrogen and oxygen atoms in total. The van der Waals surface area contributed by atoms with Crippen LogP contribution in [0.25, 0.3) is 0 Å². The van der Waals surface area contributed by atoms with Crippen LogP contribution in [-0.4, -0.2) is 85.2 Å². The smallest absolute Gasteiger partial charge is 0.321 e. The number of amides is 3. The minimum atomic E-state index is -0.109. The lowest BCUT2D eigenvalue weighted by molar-refractivity contribution is -0.135. The molecule has 3 fully saturated rings. The van der Waals surface area contributed by atoms with Crippen LogP contribution in [0.2, 0.25) is 0 Å². The number of anilines is 1. The first kappa shape index (κ1) is 20.2. The second kappa shape index (κ2) is 8.32. The fourth-order valence-corrected chi connectivity index (χ4v) is 5.64. The molecule has 2 atom stereocenters. The van der Waals surface area contributed by atoms with Crippen molar-refractivity contribution in [2.45, 2.75) is 25.3 Å². The normalized spacial score (nSPS) is 26.2. The molecule has 1 aromatic rings. The Hall–Kier alpha value is -2.12. The minimum Gasteiger partial charge on any atom is -0.383 e. The largest absolute Gasteiger partial charge is 0.383 e. The number of ether oxygens (including phenoxy) is 1. The van der Waals surface area contributed by atoms with Crippen LogP contribution >= 0.6 is 0 Å². The molecule has 0 unspecified atom stereocenters. The van der Waals surface area contributed by atoms with Gasteiger partial charge >= 0.3 is 6.03 Å². The predicted molar refractivity (Wildman–Crippen MR) is 112 cm³/mol. The maximum atomic E-state index is 13.1. The van der Waals surface area contributed by atoms with Crippen molar-refractivity contribution >= 4 is 17.6 Å². The Kier molecular flexibility index (Phi) is 5.79. The van der Waals surface area contributed by atoms with E-state index in [1.165, 1.54) is 0 Å². The molecule has 4 rings (SSSR count). The van der Waals surface area contributed by atoms with E-state index in [1.54, 1.807) is 7.11 Å². The van der Waals surface area contributed by atoms with Gasteiger partial charge in [0.2, 0.25) is 5.91 Å². The standard InChI is InChI=1S/C22H32N4O3/c1-3-26-20(27)18-15-24(13-14-29-2)16-19(18)22(26)9-11-25(12-10-22)21(28)23-17-7-5-4-6-8-17/h4-8,18-19H,3,9-16H2,1-2H3,(H,23,28)/t18-,19+/m1/s1. The summed E-state index contributed by atoms with van der Waals surface area (Å²) in [5.41, 5.74) is 0.704. The number of hydrogen-bond donors (Lipinski definition) is 1. The van der Waals surface area contributed by atoms with Crippen molar-refractivity contribution in [3.63, 3.8) is 0 Å².